The summed E-state index contributed by atoms with van der Waals surface area (Å²) in [6.07, 6.45) is 6.07. The molecule has 3 heterocycles. The molecule has 2 aromatic heterocycles. The number of aromatic nitrogens is 3. The number of anilines is 2. The first-order valence-electron chi connectivity index (χ1n) is 8.71. The normalized spacial score (nSPS) is 13.8. The van der Waals surface area contributed by atoms with Crippen LogP contribution in [0.15, 0.2) is 60.9 Å². The van der Waals surface area contributed by atoms with Gasteiger partial charge in [-0.25, -0.2) is 9.97 Å². The lowest BCUT2D eigenvalue weighted by atomic mass is 10.2. The number of benzene rings is 1. The third-order valence-corrected chi connectivity index (χ3v) is 4.40. The molecule has 4 rings (SSSR count). The second-order valence-corrected chi connectivity index (χ2v) is 6.20. The Kier molecular flexibility index (Phi) is 4.55. The van der Waals surface area contributed by atoms with Crippen LogP contribution in [0, 0.1) is 0 Å². The van der Waals surface area contributed by atoms with E-state index in [0.717, 1.165) is 36.1 Å². The highest BCUT2D eigenvalue weighted by atomic mass is 15.2. The quantitative estimate of drug-likeness (QED) is 0.771. The fourth-order valence-electron chi connectivity index (χ4n) is 3.04. The van der Waals surface area contributed by atoms with Crippen molar-refractivity contribution in [2.24, 2.45) is 0 Å². The average molecular weight is 331 g/mol. The van der Waals surface area contributed by atoms with Crippen LogP contribution in [0.25, 0.3) is 11.4 Å². The summed E-state index contributed by atoms with van der Waals surface area (Å²) in [7, 11) is 0. The Bertz CT molecular complexity index is 814. The second kappa shape index (κ2) is 7.30. The zero-order valence-corrected chi connectivity index (χ0v) is 14.1. The summed E-state index contributed by atoms with van der Waals surface area (Å²) in [5.74, 6) is 2.62. The molecule has 126 valence electrons. The van der Waals surface area contributed by atoms with Crippen molar-refractivity contribution in [3.63, 3.8) is 0 Å². The molecule has 0 bridgehead atoms. The smallest absolute Gasteiger partial charge is 0.163 e. The fourth-order valence-corrected chi connectivity index (χ4v) is 3.04. The van der Waals surface area contributed by atoms with Gasteiger partial charge in [0.25, 0.3) is 0 Å². The predicted octanol–water partition coefficient (Wildman–Crippen LogP) is 3.75. The summed E-state index contributed by atoms with van der Waals surface area (Å²) in [6.45, 7) is 2.84. The molecule has 3 aromatic rings. The number of nitrogens with one attached hydrogen (secondary N) is 1. The Morgan fingerprint density at radius 3 is 2.44 bits per heavy atom. The first-order valence-corrected chi connectivity index (χ1v) is 8.71. The summed E-state index contributed by atoms with van der Waals surface area (Å²) in [5, 5.41) is 3.43. The topological polar surface area (TPSA) is 53.9 Å². The van der Waals surface area contributed by atoms with Gasteiger partial charge in [-0.2, -0.15) is 0 Å². The van der Waals surface area contributed by atoms with E-state index in [1.807, 2.05) is 42.7 Å². The molecule has 0 aliphatic carbocycles. The van der Waals surface area contributed by atoms with Crippen molar-refractivity contribution in [1.82, 2.24) is 15.0 Å². The Labute approximate surface area is 147 Å². The van der Waals surface area contributed by atoms with Crippen LogP contribution in [0.1, 0.15) is 18.4 Å². The molecule has 0 radical (unpaired) electrons. The van der Waals surface area contributed by atoms with Gasteiger partial charge in [-0.3, -0.25) is 4.98 Å². The van der Waals surface area contributed by atoms with Crippen LogP contribution in [0.5, 0.6) is 0 Å². The summed E-state index contributed by atoms with van der Waals surface area (Å²) in [6, 6.07) is 16.2. The largest absolute Gasteiger partial charge is 0.366 e. The molecule has 1 aromatic carbocycles. The van der Waals surface area contributed by atoms with Crippen molar-refractivity contribution >= 4 is 11.6 Å². The molecule has 25 heavy (non-hydrogen) atoms. The van der Waals surface area contributed by atoms with Gasteiger partial charge in [-0.15, -0.1) is 0 Å². The monoisotopic (exact) mass is 331 g/mol. The lowest BCUT2D eigenvalue weighted by molar-refractivity contribution is 0.928. The van der Waals surface area contributed by atoms with E-state index in [-0.39, 0.29) is 0 Å². The number of rotatable bonds is 5. The van der Waals surface area contributed by atoms with Crippen LogP contribution < -0.4 is 10.2 Å². The van der Waals surface area contributed by atoms with Crippen LogP contribution in [0.2, 0.25) is 0 Å². The molecular weight excluding hydrogens is 310 g/mol. The highest BCUT2D eigenvalue weighted by Crippen LogP contribution is 2.25. The van der Waals surface area contributed by atoms with E-state index < -0.39 is 0 Å². The van der Waals surface area contributed by atoms with Gasteiger partial charge in [0.05, 0.1) is 0 Å². The average Bonchev–Trinajstić information content (AvgIpc) is 3.23. The van der Waals surface area contributed by atoms with Gasteiger partial charge >= 0.3 is 0 Å². The molecular formula is C20H21N5. The van der Waals surface area contributed by atoms with E-state index in [2.05, 4.69) is 33.4 Å². The first-order chi connectivity index (χ1) is 12.4. The van der Waals surface area contributed by atoms with Crippen molar-refractivity contribution in [2.45, 2.75) is 19.4 Å². The molecule has 0 unspecified atom stereocenters. The Morgan fingerprint density at radius 2 is 1.68 bits per heavy atom. The molecule has 5 heteroatoms. The van der Waals surface area contributed by atoms with Crippen molar-refractivity contribution in [1.29, 1.82) is 0 Å². The number of hydrogen-bond donors (Lipinski definition) is 1. The molecule has 0 atom stereocenters. The lowest BCUT2D eigenvalue weighted by Gasteiger charge is -2.18. The summed E-state index contributed by atoms with van der Waals surface area (Å²) < 4.78 is 0. The van der Waals surface area contributed by atoms with Crippen LogP contribution in [-0.4, -0.2) is 28.0 Å². The van der Waals surface area contributed by atoms with E-state index in [1.165, 1.54) is 18.4 Å². The Balaban J connectivity index is 1.63. The molecule has 1 N–H and O–H groups in total. The summed E-state index contributed by atoms with van der Waals surface area (Å²) in [4.78, 5) is 15.9. The van der Waals surface area contributed by atoms with Gasteiger partial charge in [0.1, 0.15) is 11.6 Å². The van der Waals surface area contributed by atoms with E-state index in [0.29, 0.717) is 6.54 Å². The minimum atomic E-state index is 0.715. The van der Waals surface area contributed by atoms with Gasteiger partial charge in [0.2, 0.25) is 0 Å². The molecule has 1 aliphatic rings. The first kappa shape index (κ1) is 15.6. The van der Waals surface area contributed by atoms with Crippen LogP contribution in [0.3, 0.4) is 0 Å². The fraction of sp³-hybridized carbons (Fsp3) is 0.250. The van der Waals surface area contributed by atoms with Crippen molar-refractivity contribution in [2.75, 3.05) is 23.3 Å². The van der Waals surface area contributed by atoms with Crippen molar-refractivity contribution < 1.29 is 0 Å². The molecule has 1 fully saturated rings. The molecule has 5 nitrogen and oxygen atoms in total. The third kappa shape index (κ3) is 3.76. The van der Waals surface area contributed by atoms with E-state index >= 15 is 0 Å². The minimum absolute atomic E-state index is 0.715. The van der Waals surface area contributed by atoms with Crippen molar-refractivity contribution in [3.05, 3.63) is 66.5 Å². The van der Waals surface area contributed by atoms with Crippen LogP contribution in [0.4, 0.5) is 11.6 Å². The highest BCUT2D eigenvalue weighted by Gasteiger charge is 2.16. The lowest BCUT2D eigenvalue weighted by Crippen LogP contribution is -2.20. The van der Waals surface area contributed by atoms with E-state index in [9.17, 15) is 0 Å². The molecule has 0 saturated carbocycles. The maximum absolute atomic E-state index is 4.81. The zero-order chi connectivity index (χ0) is 16.9. The standard InChI is InChI=1S/C20H21N5/c1-2-6-17(7-3-1)20-23-18(22-15-16-8-10-21-11-9-16)14-19(24-20)25-12-4-5-13-25/h1-3,6-11,14H,4-5,12-13,15H2,(H,22,23,24). The second-order valence-electron chi connectivity index (χ2n) is 6.20. The van der Waals surface area contributed by atoms with E-state index in [1.54, 1.807) is 0 Å². The number of hydrogen-bond acceptors (Lipinski definition) is 5. The summed E-state index contributed by atoms with van der Waals surface area (Å²) in [5.41, 5.74) is 2.22. The van der Waals surface area contributed by atoms with Gasteiger partial charge < -0.3 is 10.2 Å². The number of pyridine rings is 1. The minimum Gasteiger partial charge on any atom is -0.366 e. The summed E-state index contributed by atoms with van der Waals surface area (Å²) >= 11 is 0. The van der Waals surface area contributed by atoms with Crippen LogP contribution in [-0.2, 0) is 6.54 Å². The molecule has 0 amide bonds. The predicted molar refractivity (Wildman–Crippen MR) is 100 cm³/mol. The zero-order valence-electron chi connectivity index (χ0n) is 14.1. The Morgan fingerprint density at radius 1 is 0.920 bits per heavy atom. The Hall–Kier alpha value is -2.95. The van der Waals surface area contributed by atoms with Gasteiger partial charge in [0.15, 0.2) is 5.82 Å². The van der Waals surface area contributed by atoms with E-state index in [4.69, 9.17) is 9.97 Å². The molecule has 1 aliphatic heterocycles. The molecule has 0 spiro atoms. The van der Waals surface area contributed by atoms with Gasteiger partial charge in [-0.05, 0) is 30.5 Å². The van der Waals surface area contributed by atoms with Gasteiger partial charge in [-0.1, -0.05) is 30.3 Å². The van der Waals surface area contributed by atoms with Crippen molar-refractivity contribution in [3.8, 4) is 11.4 Å². The maximum atomic E-state index is 4.81. The maximum Gasteiger partial charge on any atom is 0.163 e. The SMILES string of the molecule is c1ccc(-c2nc(NCc3ccncc3)cc(N3CCCC3)n2)cc1. The molecule has 1 saturated heterocycles. The van der Waals surface area contributed by atoms with Gasteiger partial charge in [0, 0.05) is 43.7 Å². The highest BCUT2D eigenvalue weighted by molar-refractivity contribution is 5.62. The number of nitrogens with zero attached hydrogens (tertiary/aromatic N) is 4. The van der Waals surface area contributed by atoms with Crippen LogP contribution >= 0.6 is 0 Å². The third-order valence-electron chi connectivity index (χ3n) is 4.40.